The van der Waals surface area contributed by atoms with E-state index in [0.29, 0.717) is 0 Å². The summed E-state index contributed by atoms with van der Waals surface area (Å²) >= 11 is 0. The molecule has 1 spiro atoms. The van der Waals surface area contributed by atoms with Crippen LogP contribution in [0.5, 0.6) is 0 Å². The molecule has 1 saturated heterocycles. The Balaban J connectivity index is 1.71. The topological polar surface area (TPSA) is 88.7 Å². The molecule has 0 aromatic rings. The minimum Gasteiger partial charge on any atom is -0.446 e. The van der Waals surface area contributed by atoms with Crippen LogP contribution in [0.4, 0.5) is 4.79 Å². The summed E-state index contributed by atoms with van der Waals surface area (Å²) in [4.78, 5) is 24.6. The number of hydrazine groups is 1. The van der Waals surface area contributed by atoms with Gasteiger partial charge in [-0.05, 0) is 65.8 Å². The van der Waals surface area contributed by atoms with Gasteiger partial charge in [0.25, 0.3) is 0 Å². The Morgan fingerprint density at radius 2 is 1.72 bits per heavy atom. The minimum absolute atomic E-state index is 0.0135. The van der Waals surface area contributed by atoms with Gasteiger partial charge in [-0.25, -0.2) is 10.2 Å². The first-order valence-corrected chi connectivity index (χ1v) is 12.8. The van der Waals surface area contributed by atoms with Crippen LogP contribution < -0.4 is 16.2 Å². The minimum atomic E-state index is -0.513. The summed E-state index contributed by atoms with van der Waals surface area (Å²) in [5.41, 5.74) is 5.28. The molecule has 186 valence electrons. The summed E-state index contributed by atoms with van der Waals surface area (Å²) in [6, 6.07) is 0.205. The van der Waals surface area contributed by atoms with Gasteiger partial charge < -0.3 is 9.47 Å². The second-order valence-corrected chi connectivity index (χ2v) is 10.9. The molecule has 2 aliphatic rings. The molecule has 2 atom stereocenters. The molecule has 7 nitrogen and oxygen atoms in total. The second-order valence-electron chi connectivity index (χ2n) is 10.9. The molecule has 2 unspecified atom stereocenters. The Morgan fingerprint density at radius 1 is 1.06 bits per heavy atom. The zero-order valence-electron chi connectivity index (χ0n) is 21.1. The largest absolute Gasteiger partial charge is 0.446 e. The predicted octanol–water partition coefficient (Wildman–Crippen LogP) is 5.19. The molecule has 0 radical (unpaired) electrons. The van der Waals surface area contributed by atoms with Gasteiger partial charge in [0.15, 0.2) is 6.23 Å². The van der Waals surface area contributed by atoms with Gasteiger partial charge in [-0.1, -0.05) is 52.4 Å². The van der Waals surface area contributed by atoms with E-state index in [1.54, 1.807) is 0 Å². The zero-order valence-corrected chi connectivity index (χ0v) is 21.1. The third-order valence-electron chi connectivity index (χ3n) is 6.89. The fourth-order valence-electron chi connectivity index (χ4n) is 4.86. The summed E-state index contributed by atoms with van der Waals surface area (Å²) in [7, 11) is 0. The summed E-state index contributed by atoms with van der Waals surface area (Å²) in [5, 5.41) is 3.43. The number of unbranched alkanes of at least 4 members (excludes halogenated alkanes) is 5. The molecule has 2 rings (SSSR count). The zero-order chi connectivity index (χ0) is 23.6. The van der Waals surface area contributed by atoms with Crippen molar-refractivity contribution >= 4 is 12.1 Å². The fourth-order valence-corrected chi connectivity index (χ4v) is 4.86. The molecular formula is C25H47N3O4. The standard InChI is InChI=1S/C25H47N3O4/c1-6-7-8-9-10-11-12-19(2)21(29)31-22-25(17-18-26-22)15-13-20(14-16-25)27-28-23(30)32-24(3,4)5/h19-20,22,26-27H,6-18H2,1-5H3,(H,28,30). The Morgan fingerprint density at radius 3 is 2.38 bits per heavy atom. The van der Waals surface area contributed by atoms with E-state index < -0.39 is 11.7 Å². The first-order chi connectivity index (χ1) is 15.1. The lowest BCUT2D eigenvalue weighted by molar-refractivity contribution is -0.162. The van der Waals surface area contributed by atoms with Crippen LogP contribution in [0.3, 0.4) is 0 Å². The van der Waals surface area contributed by atoms with Crippen molar-refractivity contribution in [3.05, 3.63) is 0 Å². The second kappa shape index (κ2) is 12.8. The van der Waals surface area contributed by atoms with Crippen LogP contribution in [0.25, 0.3) is 0 Å². The average molecular weight is 454 g/mol. The molecule has 1 heterocycles. The summed E-state index contributed by atoms with van der Waals surface area (Å²) in [6.07, 6.45) is 12.5. The molecule has 3 N–H and O–H groups in total. The normalized spacial score (nSPS) is 26.7. The van der Waals surface area contributed by atoms with E-state index in [-0.39, 0.29) is 29.6 Å². The summed E-state index contributed by atoms with van der Waals surface area (Å²) in [6.45, 7) is 10.7. The number of amides is 1. The SMILES string of the molecule is CCCCCCCCC(C)C(=O)OC1NCCC12CCC(NNC(=O)OC(C)(C)C)CC2. The van der Waals surface area contributed by atoms with Gasteiger partial charge in [-0.3, -0.25) is 15.5 Å². The Bertz CT molecular complexity index is 582. The first kappa shape index (κ1) is 26.9. The van der Waals surface area contributed by atoms with E-state index in [2.05, 4.69) is 23.1 Å². The highest BCUT2D eigenvalue weighted by Crippen LogP contribution is 2.45. The Kier molecular flexibility index (Phi) is 10.7. The van der Waals surface area contributed by atoms with Crippen LogP contribution >= 0.6 is 0 Å². The lowest BCUT2D eigenvalue weighted by Gasteiger charge is -2.40. The third kappa shape index (κ3) is 8.89. The molecule has 1 saturated carbocycles. The highest BCUT2D eigenvalue weighted by atomic mass is 16.6. The van der Waals surface area contributed by atoms with Crippen LogP contribution in [0.15, 0.2) is 0 Å². The number of esters is 1. The Hall–Kier alpha value is -1.34. The van der Waals surface area contributed by atoms with Crippen LogP contribution in [-0.4, -0.2) is 36.5 Å². The van der Waals surface area contributed by atoms with E-state index in [4.69, 9.17) is 9.47 Å². The van der Waals surface area contributed by atoms with E-state index >= 15 is 0 Å². The van der Waals surface area contributed by atoms with Gasteiger partial charge in [-0.2, -0.15) is 0 Å². The van der Waals surface area contributed by atoms with Crippen LogP contribution in [0.2, 0.25) is 0 Å². The number of carbonyl (C=O) groups excluding carboxylic acids is 2. The molecule has 1 aliphatic carbocycles. The lowest BCUT2D eigenvalue weighted by atomic mass is 9.71. The van der Waals surface area contributed by atoms with Crippen LogP contribution in [-0.2, 0) is 14.3 Å². The molecule has 1 aliphatic heterocycles. The maximum atomic E-state index is 12.7. The average Bonchev–Trinajstić information content (AvgIpc) is 3.10. The van der Waals surface area contributed by atoms with Crippen molar-refractivity contribution in [3.63, 3.8) is 0 Å². The smallest absolute Gasteiger partial charge is 0.422 e. The van der Waals surface area contributed by atoms with Gasteiger partial charge >= 0.3 is 12.1 Å². The molecule has 7 heteroatoms. The van der Waals surface area contributed by atoms with Gasteiger partial charge in [0, 0.05) is 11.5 Å². The predicted molar refractivity (Wildman–Crippen MR) is 127 cm³/mol. The number of nitrogens with one attached hydrogen (secondary N) is 3. The summed E-state index contributed by atoms with van der Waals surface area (Å²) in [5.74, 6) is -0.110. The van der Waals surface area contributed by atoms with Gasteiger partial charge in [0.2, 0.25) is 0 Å². The van der Waals surface area contributed by atoms with Crippen LogP contribution in [0, 0.1) is 11.3 Å². The monoisotopic (exact) mass is 453 g/mol. The highest BCUT2D eigenvalue weighted by Gasteiger charge is 2.47. The highest BCUT2D eigenvalue weighted by molar-refractivity contribution is 5.72. The number of ether oxygens (including phenoxy) is 2. The number of carbonyl (C=O) groups is 2. The molecule has 0 aromatic heterocycles. The first-order valence-electron chi connectivity index (χ1n) is 12.8. The molecular weight excluding hydrogens is 406 g/mol. The van der Waals surface area contributed by atoms with Crippen molar-refractivity contribution in [2.45, 2.75) is 130 Å². The van der Waals surface area contributed by atoms with Crippen molar-refractivity contribution in [1.82, 2.24) is 16.2 Å². The quantitative estimate of drug-likeness (QED) is 0.227. The molecule has 2 fully saturated rings. The van der Waals surface area contributed by atoms with Gasteiger partial charge in [0.1, 0.15) is 5.60 Å². The van der Waals surface area contributed by atoms with Crippen molar-refractivity contribution < 1.29 is 19.1 Å². The van der Waals surface area contributed by atoms with E-state index in [0.717, 1.165) is 51.5 Å². The number of rotatable bonds is 11. The maximum absolute atomic E-state index is 12.7. The fraction of sp³-hybridized carbons (Fsp3) is 0.920. The van der Waals surface area contributed by atoms with Crippen molar-refractivity contribution in [2.24, 2.45) is 11.3 Å². The van der Waals surface area contributed by atoms with Crippen molar-refractivity contribution in [1.29, 1.82) is 0 Å². The lowest BCUT2D eigenvalue weighted by Crippen LogP contribution is -2.50. The van der Waals surface area contributed by atoms with Crippen molar-refractivity contribution in [2.75, 3.05) is 6.54 Å². The van der Waals surface area contributed by atoms with Crippen LogP contribution in [0.1, 0.15) is 112 Å². The van der Waals surface area contributed by atoms with E-state index in [9.17, 15) is 9.59 Å². The van der Waals surface area contributed by atoms with Gasteiger partial charge in [0.05, 0.1) is 5.92 Å². The Labute approximate surface area is 195 Å². The number of hydrogen-bond donors (Lipinski definition) is 3. The summed E-state index contributed by atoms with van der Waals surface area (Å²) < 4.78 is 11.3. The van der Waals surface area contributed by atoms with E-state index in [1.807, 2.05) is 27.7 Å². The van der Waals surface area contributed by atoms with Gasteiger partial charge in [-0.15, -0.1) is 0 Å². The molecule has 0 aromatic carbocycles. The third-order valence-corrected chi connectivity index (χ3v) is 6.89. The molecule has 32 heavy (non-hydrogen) atoms. The number of hydrogen-bond acceptors (Lipinski definition) is 6. The van der Waals surface area contributed by atoms with E-state index in [1.165, 1.54) is 32.1 Å². The maximum Gasteiger partial charge on any atom is 0.422 e. The molecule has 0 bridgehead atoms. The molecule has 1 amide bonds. The van der Waals surface area contributed by atoms with Crippen molar-refractivity contribution in [3.8, 4) is 0 Å².